The Labute approximate surface area is 80.3 Å². The molecule has 0 spiro atoms. The summed E-state index contributed by atoms with van der Waals surface area (Å²) in [5, 5.41) is 2.65. The monoisotopic (exact) mass is 211 g/mol. The first kappa shape index (κ1) is 11.9. The Balaban J connectivity index is 3.54. The Bertz CT molecular complexity index is 175. The smallest absolute Gasteiger partial charge is 0.221 e. The average molecular weight is 212 g/mol. The molecule has 0 heterocycles. The summed E-state index contributed by atoms with van der Waals surface area (Å²) in [5.41, 5.74) is 0. The fourth-order valence-electron chi connectivity index (χ4n) is 0.549. The normalized spacial score (nSPS) is 15.2. The molecule has 12 heavy (non-hydrogen) atoms. The van der Waals surface area contributed by atoms with Crippen LogP contribution in [-0.2, 0) is 15.6 Å². The lowest BCUT2D eigenvalue weighted by molar-refractivity contribution is -0.120. The summed E-state index contributed by atoms with van der Waals surface area (Å²) >= 11 is 5.35. The molecule has 0 aromatic carbocycles. The van der Waals surface area contributed by atoms with E-state index in [1.807, 2.05) is 6.92 Å². The van der Waals surface area contributed by atoms with Crippen molar-refractivity contribution in [2.75, 3.05) is 18.7 Å². The predicted molar refractivity (Wildman–Crippen MR) is 51.9 cm³/mol. The van der Waals surface area contributed by atoms with Crippen LogP contribution in [0.2, 0.25) is 0 Å². The molecule has 5 heteroatoms. The van der Waals surface area contributed by atoms with Gasteiger partial charge in [-0.2, -0.15) is 0 Å². The van der Waals surface area contributed by atoms with Crippen molar-refractivity contribution in [2.45, 2.75) is 18.6 Å². The lowest BCUT2D eigenvalue weighted by Gasteiger charge is -2.08. The average Bonchev–Trinajstić information content (AvgIpc) is 2.00. The zero-order valence-electron chi connectivity index (χ0n) is 7.30. The van der Waals surface area contributed by atoms with Crippen LogP contribution in [0, 0.1) is 0 Å². The van der Waals surface area contributed by atoms with Gasteiger partial charge in [-0.3, -0.25) is 9.00 Å². The summed E-state index contributed by atoms with van der Waals surface area (Å²) in [4.78, 5) is 10.9. The van der Waals surface area contributed by atoms with E-state index in [1.54, 1.807) is 6.26 Å². The van der Waals surface area contributed by atoms with Crippen molar-refractivity contribution in [3.8, 4) is 0 Å². The Morgan fingerprint density at radius 1 is 1.67 bits per heavy atom. The molecule has 1 amide bonds. The fourth-order valence-corrected chi connectivity index (χ4v) is 1.04. The number of nitrogens with one attached hydrogen (secondary N) is 1. The predicted octanol–water partition coefficient (Wildman–Crippen LogP) is 0.499. The summed E-state index contributed by atoms with van der Waals surface area (Å²) in [7, 11) is -0.878. The molecule has 0 bridgehead atoms. The molecule has 3 nitrogen and oxygen atoms in total. The molecule has 72 valence electrons. The molecule has 2 atom stereocenters. The van der Waals surface area contributed by atoms with Crippen molar-refractivity contribution in [1.29, 1.82) is 0 Å². The first-order valence-electron chi connectivity index (χ1n) is 3.72. The number of rotatable bonds is 5. The maximum absolute atomic E-state index is 10.9. The van der Waals surface area contributed by atoms with E-state index in [4.69, 9.17) is 11.6 Å². The highest BCUT2D eigenvalue weighted by atomic mass is 35.5. The standard InChI is InChI=1S/C7H14ClNO2S/c1-6(12(2)11)5-9-7(10)3-4-8/h6H,3-5H2,1-2H3,(H,9,10). The van der Waals surface area contributed by atoms with Gasteiger partial charge in [0, 0.05) is 41.2 Å². The molecule has 0 aliphatic carbocycles. The van der Waals surface area contributed by atoms with E-state index in [9.17, 15) is 9.00 Å². The van der Waals surface area contributed by atoms with Crippen LogP contribution < -0.4 is 5.32 Å². The third kappa shape index (κ3) is 5.55. The summed E-state index contributed by atoms with van der Waals surface area (Å²) in [6.07, 6.45) is 1.95. The molecule has 1 N–H and O–H groups in total. The summed E-state index contributed by atoms with van der Waals surface area (Å²) in [6, 6.07) is 0. The Morgan fingerprint density at radius 3 is 2.67 bits per heavy atom. The van der Waals surface area contributed by atoms with E-state index in [1.165, 1.54) is 0 Å². The zero-order valence-corrected chi connectivity index (χ0v) is 8.87. The van der Waals surface area contributed by atoms with Gasteiger partial charge in [-0.15, -0.1) is 11.6 Å². The Morgan fingerprint density at radius 2 is 2.25 bits per heavy atom. The molecular formula is C7H14ClNO2S. The van der Waals surface area contributed by atoms with Crippen molar-refractivity contribution >= 4 is 28.3 Å². The number of amides is 1. The number of hydrogen-bond donors (Lipinski definition) is 1. The Hall–Kier alpha value is -0.0900. The van der Waals surface area contributed by atoms with Gasteiger partial charge in [0.15, 0.2) is 0 Å². The fraction of sp³-hybridized carbons (Fsp3) is 0.857. The lowest BCUT2D eigenvalue weighted by Crippen LogP contribution is -2.32. The third-order valence-corrected chi connectivity index (χ3v) is 2.96. The molecule has 0 aromatic rings. The largest absolute Gasteiger partial charge is 0.355 e. The number of alkyl halides is 1. The second-order valence-corrected chi connectivity index (χ2v) is 4.73. The summed E-state index contributed by atoms with van der Waals surface area (Å²) in [6.45, 7) is 2.29. The molecule has 0 fully saturated rings. The van der Waals surface area contributed by atoms with E-state index in [0.29, 0.717) is 18.8 Å². The molecule has 0 saturated carbocycles. The first-order chi connectivity index (χ1) is 5.57. The van der Waals surface area contributed by atoms with Gasteiger partial charge in [0.25, 0.3) is 0 Å². The van der Waals surface area contributed by atoms with Gasteiger partial charge in [0.05, 0.1) is 0 Å². The van der Waals surface area contributed by atoms with E-state index < -0.39 is 10.8 Å². The maximum atomic E-state index is 10.9. The quantitative estimate of drug-likeness (QED) is 0.674. The minimum atomic E-state index is -0.878. The van der Waals surface area contributed by atoms with E-state index in [-0.39, 0.29) is 11.2 Å². The van der Waals surface area contributed by atoms with Gasteiger partial charge in [-0.1, -0.05) is 0 Å². The minimum Gasteiger partial charge on any atom is -0.355 e. The van der Waals surface area contributed by atoms with Gasteiger partial charge >= 0.3 is 0 Å². The van der Waals surface area contributed by atoms with E-state index in [0.717, 1.165) is 0 Å². The molecule has 0 rings (SSSR count). The molecule has 0 radical (unpaired) electrons. The zero-order chi connectivity index (χ0) is 9.56. The van der Waals surface area contributed by atoms with Crippen LogP contribution in [0.1, 0.15) is 13.3 Å². The maximum Gasteiger partial charge on any atom is 0.221 e. The van der Waals surface area contributed by atoms with Crippen LogP contribution >= 0.6 is 11.6 Å². The van der Waals surface area contributed by atoms with Gasteiger partial charge in [-0.05, 0) is 6.92 Å². The Kier molecular flexibility index (Phi) is 6.38. The van der Waals surface area contributed by atoms with Gasteiger partial charge < -0.3 is 5.32 Å². The van der Waals surface area contributed by atoms with Gasteiger partial charge in [-0.25, -0.2) is 0 Å². The van der Waals surface area contributed by atoms with Crippen LogP contribution in [-0.4, -0.2) is 34.0 Å². The molecule has 0 aliphatic heterocycles. The number of hydrogen-bond acceptors (Lipinski definition) is 2. The van der Waals surface area contributed by atoms with Crippen LogP contribution in [0.25, 0.3) is 0 Å². The second kappa shape index (κ2) is 6.43. The van der Waals surface area contributed by atoms with Crippen molar-refractivity contribution in [3.63, 3.8) is 0 Å². The van der Waals surface area contributed by atoms with Crippen molar-refractivity contribution in [3.05, 3.63) is 0 Å². The molecular weight excluding hydrogens is 198 g/mol. The highest BCUT2D eigenvalue weighted by Gasteiger charge is 2.07. The third-order valence-electron chi connectivity index (χ3n) is 1.47. The van der Waals surface area contributed by atoms with Crippen molar-refractivity contribution < 1.29 is 9.00 Å². The molecule has 0 aliphatic rings. The van der Waals surface area contributed by atoms with Gasteiger partial charge in [0.1, 0.15) is 0 Å². The summed E-state index contributed by atoms with van der Waals surface area (Å²) < 4.78 is 10.8. The molecule has 2 unspecified atom stereocenters. The van der Waals surface area contributed by atoms with Gasteiger partial charge in [0.2, 0.25) is 5.91 Å². The molecule has 0 aromatic heterocycles. The summed E-state index contributed by atoms with van der Waals surface area (Å²) in [5.74, 6) is 0.248. The van der Waals surface area contributed by atoms with Crippen LogP contribution in [0.4, 0.5) is 0 Å². The SMILES string of the molecule is CC(CNC(=O)CCCl)S(C)=O. The number of carbonyl (C=O) groups is 1. The van der Waals surface area contributed by atoms with Crippen molar-refractivity contribution in [1.82, 2.24) is 5.32 Å². The van der Waals surface area contributed by atoms with Crippen LogP contribution in [0.3, 0.4) is 0 Å². The minimum absolute atomic E-state index is 0.00396. The highest BCUT2D eigenvalue weighted by molar-refractivity contribution is 7.84. The lowest BCUT2D eigenvalue weighted by atomic mass is 10.4. The highest BCUT2D eigenvalue weighted by Crippen LogP contribution is 1.90. The first-order valence-corrected chi connectivity index (χ1v) is 5.88. The van der Waals surface area contributed by atoms with Crippen LogP contribution in [0.15, 0.2) is 0 Å². The van der Waals surface area contributed by atoms with E-state index in [2.05, 4.69) is 5.32 Å². The topological polar surface area (TPSA) is 46.2 Å². The second-order valence-electron chi connectivity index (χ2n) is 2.55. The number of halogens is 1. The van der Waals surface area contributed by atoms with E-state index >= 15 is 0 Å². The number of carbonyl (C=O) groups excluding carboxylic acids is 1. The van der Waals surface area contributed by atoms with Crippen molar-refractivity contribution in [2.24, 2.45) is 0 Å². The van der Waals surface area contributed by atoms with Crippen LogP contribution in [0.5, 0.6) is 0 Å². The molecule has 0 saturated heterocycles.